The van der Waals surface area contributed by atoms with E-state index >= 15 is 0 Å². The zero-order valence-corrected chi connectivity index (χ0v) is 10.0. The minimum absolute atomic E-state index is 0.0761. The summed E-state index contributed by atoms with van der Waals surface area (Å²) in [5, 5.41) is 0. The number of para-hydroxylation sites is 1. The second kappa shape index (κ2) is 4.96. The van der Waals surface area contributed by atoms with Gasteiger partial charge in [0, 0.05) is 16.8 Å². The zero-order valence-electron chi connectivity index (χ0n) is 10.0. The second-order valence-corrected chi connectivity index (χ2v) is 4.11. The zero-order chi connectivity index (χ0) is 14.9. The molecule has 0 amide bonds. The van der Waals surface area contributed by atoms with E-state index in [0.717, 1.165) is 6.07 Å². The number of carbonyl (C=O) groups excluding carboxylic acids is 1. The Morgan fingerprint density at radius 3 is 2.30 bits per heavy atom. The SMILES string of the molecule is Nc1ccccc1C(=O)c1ccc(F)c(C(F)(F)F)c1. The number of benzene rings is 2. The van der Waals surface area contributed by atoms with Crippen molar-refractivity contribution in [2.75, 3.05) is 5.73 Å². The summed E-state index contributed by atoms with van der Waals surface area (Å²) < 4.78 is 50.9. The number of rotatable bonds is 2. The molecule has 2 rings (SSSR count). The van der Waals surface area contributed by atoms with Crippen LogP contribution in [0.5, 0.6) is 0 Å². The number of nitrogen functional groups attached to an aromatic ring is 1. The number of carbonyl (C=O) groups is 1. The Hall–Kier alpha value is -2.37. The Balaban J connectivity index is 2.50. The van der Waals surface area contributed by atoms with E-state index in [0.29, 0.717) is 12.1 Å². The third-order valence-corrected chi connectivity index (χ3v) is 2.74. The summed E-state index contributed by atoms with van der Waals surface area (Å²) in [4.78, 5) is 12.1. The van der Waals surface area contributed by atoms with Crippen LogP contribution in [0.4, 0.5) is 23.2 Å². The average Bonchev–Trinajstić information content (AvgIpc) is 2.37. The van der Waals surface area contributed by atoms with Gasteiger partial charge in [-0.25, -0.2) is 4.39 Å². The van der Waals surface area contributed by atoms with Crippen LogP contribution in [0.3, 0.4) is 0 Å². The molecule has 0 unspecified atom stereocenters. The highest BCUT2D eigenvalue weighted by molar-refractivity contribution is 6.12. The first-order valence-electron chi connectivity index (χ1n) is 5.56. The summed E-state index contributed by atoms with van der Waals surface area (Å²) in [5.74, 6) is -2.11. The number of alkyl halides is 3. The molecular formula is C14H9F4NO. The van der Waals surface area contributed by atoms with Crippen LogP contribution in [0.1, 0.15) is 21.5 Å². The number of hydrogen-bond donors (Lipinski definition) is 1. The summed E-state index contributed by atoms with van der Waals surface area (Å²) in [7, 11) is 0. The van der Waals surface area contributed by atoms with Gasteiger partial charge in [0.2, 0.25) is 0 Å². The maximum atomic E-state index is 13.2. The van der Waals surface area contributed by atoms with Gasteiger partial charge >= 0.3 is 6.18 Å². The Labute approximate surface area is 111 Å². The molecule has 0 atom stereocenters. The van der Waals surface area contributed by atoms with Crippen molar-refractivity contribution in [1.82, 2.24) is 0 Å². The third-order valence-electron chi connectivity index (χ3n) is 2.74. The van der Waals surface area contributed by atoms with E-state index in [1.807, 2.05) is 0 Å². The molecule has 0 aliphatic heterocycles. The second-order valence-electron chi connectivity index (χ2n) is 4.11. The van der Waals surface area contributed by atoms with Gasteiger partial charge in [0.1, 0.15) is 5.82 Å². The van der Waals surface area contributed by atoms with Crippen LogP contribution in [0.25, 0.3) is 0 Å². The van der Waals surface area contributed by atoms with Gasteiger partial charge in [-0.3, -0.25) is 4.79 Å². The minimum Gasteiger partial charge on any atom is -0.398 e. The van der Waals surface area contributed by atoms with E-state index in [2.05, 4.69) is 0 Å². The quantitative estimate of drug-likeness (QED) is 0.519. The first-order chi connectivity index (χ1) is 9.30. The maximum absolute atomic E-state index is 13.2. The Morgan fingerprint density at radius 2 is 1.70 bits per heavy atom. The van der Waals surface area contributed by atoms with Crippen LogP contribution in [0, 0.1) is 5.82 Å². The largest absolute Gasteiger partial charge is 0.419 e. The number of nitrogens with two attached hydrogens (primary N) is 1. The van der Waals surface area contributed by atoms with Crippen molar-refractivity contribution >= 4 is 11.5 Å². The lowest BCUT2D eigenvalue weighted by atomic mass is 9.99. The summed E-state index contributed by atoms with van der Waals surface area (Å²) in [5.41, 5.74) is 4.08. The van der Waals surface area contributed by atoms with Gasteiger partial charge in [0.25, 0.3) is 0 Å². The van der Waals surface area contributed by atoms with E-state index in [4.69, 9.17) is 5.73 Å². The van der Waals surface area contributed by atoms with Gasteiger partial charge in [-0.2, -0.15) is 13.2 Å². The molecular weight excluding hydrogens is 274 g/mol. The lowest BCUT2D eigenvalue weighted by Crippen LogP contribution is -2.11. The fourth-order valence-corrected chi connectivity index (χ4v) is 1.74. The van der Waals surface area contributed by atoms with Crippen molar-refractivity contribution in [3.8, 4) is 0 Å². The van der Waals surface area contributed by atoms with Crippen molar-refractivity contribution in [3.05, 3.63) is 65.0 Å². The van der Waals surface area contributed by atoms with Gasteiger partial charge in [-0.1, -0.05) is 12.1 Å². The molecule has 2 aromatic carbocycles. The molecule has 0 radical (unpaired) electrons. The van der Waals surface area contributed by atoms with Crippen molar-refractivity contribution < 1.29 is 22.4 Å². The predicted octanol–water partition coefficient (Wildman–Crippen LogP) is 3.66. The monoisotopic (exact) mass is 283 g/mol. The van der Waals surface area contributed by atoms with E-state index in [1.165, 1.54) is 18.2 Å². The van der Waals surface area contributed by atoms with E-state index in [9.17, 15) is 22.4 Å². The molecule has 0 spiro atoms. The first kappa shape index (κ1) is 14.0. The Morgan fingerprint density at radius 1 is 1.05 bits per heavy atom. The van der Waals surface area contributed by atoms with E-state index in [1.54, 1.807) is 6.07 Å². The molecule has 2 nitrogen and oxygen atoms in total. The molecule has 0 saturated heterocycles. The lowest BCUT2D eigenvalue weighted by Gasteiger charge is -2.10. The molecule has 0 bridgehead atoms. The number of halogens is 4. The highest BCUT2D eigenvalue weighted by Gasteiger charge is 2.34. The Kier molecular flexibility index (Phi) is 3.48. The summed E-state index contributed by atoms with van der Waals surface area (Å²) in [6, 6.07) is 8.10. The topological polar surface area (TPSA) is 43.1 Å². The van der Waals surface area contributed by atoms with E-state index < -0.39 is 23.3 Å². The summed E-state index contributed by atoms with van der Waals surface area (Å²) in [6.45, 7) is 0. The minimum atomic E-state index is -4.86. The van der Waals surface area contributed by atoms with Crippen molar-refractivity contribution in [1.29, 1.82) is 0 Å². The van der Waals surface area contributed by atoms with Crippen LogP contribution in [-0.4, -0.2) is 5.78 Å². The molecule has 0 aliphatic rings. The van der Waals surface area contributed by atoms with Crippen LogP contribution in [0.2, 0.25) is 0 Å². The number of hydrogen-bond acceptors (Lipinski definition) is 2. The molecule has 0 aromatic heterocycles. The van der Waals surface area contributed by atoms with Crippen LogP contribution < -0.4 is 5.73 Å². The highest BCUT2D eigenvalue weighted by atomic mass is 19.4. The van der Waals surface area contributed by atoms with Crippen LogP contribution in [0.15, 0.2) is 42.5 Å². The standard InChI is InChI=1S/C14H9F4NO/c15-11-6-5-8(7-10(11)14(16,17)18)13(20)9-3-1-2-4-12(9)19/h1-7H,19H2. The molecule has 2 N–H and O–H groups in total. The van der Waals surface area contributed by atoms with Crippen molar-refractivity contribution in [3.63, 3.8) is 0 Å². The average molecular weight is 283 g/mol. The van der Waals surface area contributed by atoms with Gasteiger partial charge in [0.05, 0.1) is 5.56 Å². The molecule has 20 heavy (non-hydrogen) atoms. The first-order valence-corrected chi connectivity index (χ1v) is 5.56. The van der Waals surface area contributed by atoms with Crippen molar-refractivity contribution in [2.45, 2.75) is 6.18 Å². The lowest BCUT2D eigenvalue weighted by molar-refractivity contribution is -0.140. The molecule has 6 heteroatoms. The predicted molar refractivity (Wildman–Crippen MR) is 65.7 cm³/mol. The van der Waals surface area contributed by atoms with E-state index in [-0.39, 0.29) is 16.8 Å². The molecule has 0 heterocycles. The van der Waals surface area contributed by atoms with Gasteiger partial charge < -0.3 is 5.73 Å². The molecule has 104 valence electrons. The smallest absolute Gasteiger partial charge is 0.398 e. The fourth-order valence-electron chi connectivity index (χ4n) is 1.74. The normalized spacial score (nSPS) is 11.4. The number of anilines is 1. The molecule has 0 aliphatic carbocycles. The maximum Gasteiger partial charge on any atom is 0.419 e. The van der Waals surface area contributed by atoms with Gasteiger partial charge in [0.15, 0.2) is 5.78 Å². The molecule has 0 saturated carbocycles. The van der Waals surface area contributed by atoms with Gasteiger partial charge in [-0.15, -0.1) is 0 Å². The van der Waals surface area contributed by atoms with Crippen LogP contribution in [-0.2, 0) is 6.18 Å². The summed E-state index contributed by atoms with van der Waals surface area (Å²) >= 11 is 0. The highest BCUT2D eigenvalue weighted by Crippen LogP contribution is 2.32. The Bertz CT molecular complexity index is 664. The fraction of sp³-hybridized carbons (Fsp3) is 0.0714. The van der Waals surface area contributed by atoms with Gasteiger partial charge in [-0.05, 0) is 30.3 Å². The molecule has 0 fully saturated rings. The van der Waals surface area contributed by atoms with Crippen molar-refractivity contribution in [2.24, 2.45) is 0 Å². The number of ketones is 1. The summed E-state index contributed by atoms with van der Waals surface area (Å²) in [6.07, 6.45) is -4.86. The molecule has 2 aromatic rings. The third kappa shape index (κ3) is 2.64. The van der Waals surface area contributed by atoms with Crippen LogP contribution >= 0.6 is 0 Å².